The first kappa shape index (κ1) is 13.2. The molecule has 0 radical (unpaired) electrons. The Balaban J connectivity index is 1.91. The summed E-state index contributed by atoms with van der Waals surface area (Å²) in [4.78, 5) is 4.80. The van der Waals surface area contributed by atoms with Gasteiger partial charge in [-0.3, -0.25) is 0 Å². The zero-order valence-electron chi connectivity index (χ0n) is 12.2. The van der Waals surface area contributed by atoms with Gasteiger partial charge in [-0.25, -0.2) is 4.98 Å². The summed E-state index contributed by atoms with van der Waals surface area (Å²) in [6, 6.07) is 14.1. The van der Waals surface area contributed by atoms with Crippen molar-refractivity contribution in [2.75, 3.05) is 13.3 Å². The van der Waals surface area contributed by atoms with Crippen LogP contribution in [-0.2, 0) is 6.54 Å². The van der Waals surface area contributed by atoms with Crippen LogP contribution in [0.4, 0.5) is 0 Å². The lowest BCUT2D eigenvalue weighted by molar-refractivity contribution is 0.174. The van der Waals surface area contributed by atoms with Crippen LogP contribution in [0.25, 0.3) is 22.4 Å². The summed E-state index contributed by atoms with van der Waals surface area (Å²) in [7, 11) is 0. The highest BCUT2D eigenvalue weighted by Crippen LogP contribution is 2.37. The summed E-state index contributed by atoms with van der Waals surface area (Å²) in [5, 5.41) is 0. The summed E-state index contributed by atoms with van der Waals surface area (Å²) in [5.41, 5.74) is 8.75. The van der Waals surface area contributed by atoms with E-state index >= 15 is 0 Å². The SMILES string of the molecule is NCCCn1c(-c2ccccc2)nc2cc3c(cc21)OCO3. The smallest absolute Gasteiger partial charge is 0.231 e. The Kier molecular flexibility index (Phi) is 3.20. The molecule has 5 nitrogen and oxygen atoms in total. The number of nitrogens with zero attached hydrogens (tertiary/aromatic N) is 2. The molecule has 112 valence electrons. The molecule has 1 aromatic heterocycles. The van der Waals surface area contributed by atoms with Crippen molar-refractivity contribution >= 4 is 11.0 Å². The average Bonchev–Trinajstić information content (AvgIpc) is 3.15. The standard InChI is InChI=1S/C17H17N3O2/c18-7-4-8-20-14-10-16-15(21-11-22-16)9-13(14)19-17(20)12-5-2-1-3-6-12/h1-3,5-6,9-10H,4,7-8,11,18H2. The molecule has 0 atom stereocenters. The van der Waals surface area contributed by atoms with Crippen LogP contribution < -0.4 is 15.2 Å². The molecule has 3 aromatic rings. The van der Waals surface area contributed by atoms with E-state index in [9.17, 15) is 0 Å². The summed E-state index contributed by atoms with van der Waals surface area (Å²) in [5.74, 6) is 2.49. The lowest BCUT2D eigenvalue weighted by atomic mass is 10.2. The van der Waals surface area contributed by atoms with Crippen LogP contribution in [0.5, 0.6) is 11.5 Å². The molecular weight excluding hydrogens is 278 g/mol. The fraction of sp³-hybridized carbons (Fsp3) is 0.235. The lowest BCUT2D eigenvalue weighted by Gasteiger charge is -2.08. The van der Waals surface area contributed by atoms with Crippen LogP contribution in [-0.4, -0.2) is 22.9 Å². The Morgan fingerprint density at radius 1 is 1.09 bits per heavy atom. The summed E-state index contributed by atoms with van der Waals surface area (Å²) < 4.78 is 13.2. The third-order valence-corrected chi connectivity index (χ3v) is 3.86. The first-order chi connectivity index (χ1) is 10.9. The maximum absolute atomic E-state index is 5.69. The monoisotopic (exact) mass is 295 g/mol. The van der Waals surface area contributed by atoms with Gasteiger partial charge in [-0.05, 0) is 13.0 Å². The molecule has 22 heavy (non-hydrogen) atoms. The van der Waals surface area contributed by atoms with Crippen molar-refractivity contribution in [2.24, 2.45) is 5.73 Å². The molecule has 0 saturated heterocycles. The number of benzene rings is 2. The predicted octanol–water partition coefficient (Wildman–Crippen LogP) is 2.78. The third-order valence-electron chi connectivity index (χ3n) is 3.86. The maximum atomic E-state index is 5.69. The molecule has 5 heteroatoms. The molecule has 0 unspecified atom stereocenters. The van der Waals surface area contributed by atoms with Gasteiger partial charge in [0.2, 0.25) is 6.79 Å². The Hall–Kier alpha value is -2.53. The fourth-order valence-electron chi connectivity index (χ4n) is 2.80. The van der Waals surface area contributed by atoms with Crippen molar-refractivity contribution in [3.63, 3.8) is 0 Å². The first-order valence-corrected chi connectivity index (χ1v) is 7.42. The van der Waals surface area contributed by atoms with Crippen LogP contribution in [0.1, 0.15) is 6.42 Å². The minimum Gasteiger partial charge on any atom is -0.454 e. The second-order valence-corrected chi connectivity index (χ2v) is 5.29. The quantitative estimate of drug-likeness (QED) is 0.804. The second-order valence-electron chi connectivity index (χ2n) is 5.29. The van der Waals surface area contributed by atoms with Crippen molar-refractivity contribution in [3.05, 3.63) is 42.5 Å². The van der Waals surface area contributed by atoms with Crippen molar-refractivity contribution in [3.8, 4) is 22.9 Å². The van der Waals surface area contributed by atoms with E-state index < -0.39 is 0 Å². The van der Waals surface area contributed by atoms with Gasteiger partial charge >= 0.3 is 0 Å². The number of imidazole rings is 1. The molecule has 1 aliphatic rings. The van der Waals surface area contributed by atoms with E-state index in [0.29, 0.717) is 6.54 Å². The van der Waals surface area contributed by atoms with Gasteiger partial charge in [-0.2, -0.15) is 0 Å². The topological polar surface area (TPSA) is 62.3 Å². The largest absolute Gasteiger partial charge is 0.454 e. The molecule has 2 N–H and O–H groups in total. The van der Waals surface area contributed by atoms with E-state index in [0.717, 1.165) is 46.9 Å². The van der Waals surface area contributed by atoms with E-state index in [1.807, 2.05) is 30.3 Å². The number of fused-ring (bicyclic) bond motifs is 2. The zero-order valence-corrected chi connectivity index (χ0v) is 12.2. The van der Waals surface area contributed by atoms with E-state index in [-0.39, 0.29) is 6.79 Å². The van der Waals surface area contributed by atoms with Crippen LogP contribution in [0, 0.1) is 0 Å². The van der Waals surface area contributed by atoms with Crippen molar-refractivity contribution < 1.29 is 9.47 Å². The van der Waals surface area contributed by atoms with Crippen LogP contribution in [0.3, 0.4) is 0 Å². The highest BCUT2D eigenvalue weighted by Gasteiger charge is 2.19. The highest BCUT2D eigenvalue weighted by atomic mass is 16.7. The molecule has 0 bridgehead atoms. The molecular formula is C17H17N3O2. The van der Waals surface area contributed by atoms with Crippen LogP contribution >= 0.6 is 0 Å². The predicted molar refractivity (Wildman–Crippen MR) is 85.0 cm³/mol. The minimum atomic E-state index is 0.274. The van der Waals surface area contributed by atoms with E-state index in [1.54, 1.807) is 0 Å². The Morgan fingerprint density at radius 3 is 2.64 bits per heavy atom. The molecule has 2 heterocycles. The molecule has 0 amide bonds. The lowest BCUT2D eigenvalue weighted by Crippen LogP contribution is -2.07. The van der Waals surface area contributed by atoms with Gasteiger partial charge in [0.1, 0.15) is 5.82 Å². The summed E-state index contributed by atoms with van der Waals surface area (Å²) in [6.07, 6.45) is 0.903. The molecule has 0 fully saturated rings. The number of nitrogens with two attached hydrogens (primary N) is 1. The van der Waals surface area contributed by atoms with Crippen molar-refractivity contribution in [1.29, 1.82) is 0 Å². The van der Waals surface area contributed by atoms with Gasteiger partial charge in [0, 0.05) is 24.2 Å². The van der Waals surface area contributed by atoms with Crippen molar-refractivity contribution in [2.45, 2.75) is 13.0 Å². The third kappa shape index (κ3) is 2.10. The number of hydrogen-bond acceptors (Lipinski definition) is 4. The van der Waals surface area contributed by atoms with Gasteiger partial charge in [0.15, 0.2) is 11.5 Å². The molecule has 2 aromatic carbocycles. The van der Waals surface area contributed by atoms with Crippen molar-refractivity contribution in [1.82, 2.24) is 9.55 Å². The normalized spacial score (nSPS) is 13.0. The number of ether oxygens (including phenoxy) is 2. The van der Waals surface area contributed by atoms with E-state index in [2.05, 4.69) is 16.7 Å². The van der Waals surface area contributed by atoms with Gasteiger partial charge in [-0.15, -0.1) is 0 Å². The average molecular weight is 295 g/mol. The van der Waals surface area contributed by atoms with Crippen LogP contribution in [0.15, 0.2) is 42.5 Å². The van der Waals surface area contributed by atoms with Gasteiger partial charge < -0.3 is 19.8 Å². The van der Waals surface area contributed by atoms with E-state index in [4.69, 9.17) is 20.2 Å². The van der Waals surface area contributed by atoms with Gasteiger partial charge in [0.05, 0.1) is 11.0 Å². The number of aryl methyl sites for hydroxylation is 1. The number of aromatic nitrogens is 2. The van der Waals surface area contributed by atoms with Gasteiger partial charge in [0.25, 0.3) is 0 Å². The molecule has 4 rings (SSSR count). The molecule has 1 aliphatic heterocycles. The zero-order chi connectivity index (χ0) is 14.9. The second kappa shape index (κ2) is 5.35. The Morgan fingerprint density at radius 2 is 1.86 bits per heavy atom. The van der Waals surface area contributed by atoms with Gasteiger partial charge in [-0.1, -0.05) is 30.3 Å². The summed E-state index contributed by atoms with van der Waals surface area (Å²) >= 11 is 0. The van der Waals surface area contributed by atoms with Crippen LogP contribution in [0.2, 0.25) is 0 Å². The van der Waals surface area contributed by atoms with E-state index in [1.165, 1.54) is 0 Å². The molecule has 0 saturated carbocycles. The number of rotatable bonds is 4. The Labute approximate surface area is 128 Å². The maximum Gasteiger partial charge on any atom is 0.231 e. The summed E-state index contributed by atoms with van der Waals surface area (Å²) in [6.45, 7) is 1.76. The fourth-order valence-corrected chi connectivity index (χ4v) is 2.80. The highest BCUT2D eigenvalue weighted by molar-refractivity contribution is 5.84. The minimum absolute atomic E-state index is 0.274. The Bertz CT molecular complexity index is 812. The molecule has 0 aliphatic carbocycles. The molecule has 0 spiro atoms. The first-order valence-electron chi connectivity index (χ1n) is 7.42. The number of hydrogen-bond donors (Lipinski definition) is 1.